The van der Waals surface area contributed by atoms with Crippen LogP contribution in [-0.4, -0.2) is 70.0 Å². The molecular weight excluding hydrogens is 508 g/mol. The number of fused-ring (bicyclic) bond motifs is 1. The van der Waals surface area contributed by atoms with Crippen LogP contribution in [0.25, 0.3) is 0 Å². The van der Waals surface area contributed by atoms with Gasteiger partial charge >= 0.3 is 6.03 Å². The zero-order chi connectivity index (χ0) is 26.1. The molecular formula is C25H28Cl2FN5O3. The molecule has 36 heavy (non-hydrogen) atoms. The monoisotopic (exact) mass is 535 g/mol. The number of amides is 4. The fraction of sp³-hybridized carbons (Fsp3) is 0.400. The fourth-order valence-electron chi connectivity index (χ4n) is 4.72. The van der Waals surface area contributed by atoms with Crippen molar-refractivity contribution < 1.29 is 18.8 Å². The van der Waals surface area contributed by atoms with E-state index in [1.54, 1.807) is 47.3 Å². The summed E-state index contributed by atoms with van der Waals surface area (Å²) in [5.74, 6) is -0.931. The molecule has 4 rings (SSSR count). The predicted octanol–water partition coefficient (Wildman–Crippen LogP) is 3.73. The lowest BCUT2D eigenvalue weighted by Gasteiger charge is -2.55. The molecule has 4 amide bonds. The highest BCUT2D eigenvalue weighted by Gasteiger charge is 2.51. The highest BCUT2D eigenvalue weighted by atomic mass is 35.5. The minimum Gasteiger partial charge on any atom is -0.333 e. The normalized spacial score (nSPS) is 20.7. The Hall–Kier alpha value is -2.88. The first-order valence-electron chi connectivity index (χ1n) is 11.6. The molecule has 2 aromatic carbocycles. The van der Waals surface area contributed by atoms with Gasteiger partial charge in [0, 0.05) is 20.1 Å². The van der Waals surface area contributed by atoms with Gasteiger partial charge in [-0.25, -0.2) is 19.2 Å². The molecule has 0 bridgehead atoms. The molecule has 192 valence electrons. The molecule has 1 N–H and O–H groups in total. The summed E-state index contributed by atoms with van der Waals surface area (Å²) in [6.45, 7) is 4.29. The lowest BCUT2D eigenvalue weighted by atomic mass is 9.96. The van der Waals surface area contributed by atoms with Crippen LogP contribution >= 0.6 is 23.2 Å². The van der Waals surface area contributed by atoms with Crippen LogP contribution in [0.5, 0.6) is 0 Å². The first-order valence-corrected chi connectivity index (χ1v) is 12.4. The van der Waals surface area contributed by atoms with Crippen molar-refractivity contribution in [3.8, 4) is 0 Å². The van der Waals surface area contributed by atoms with Gasteiger partial charge in [0.2, 0.25) is 11.8 Å². The summed E-state index contributed by atoms with van der Waals surface area (Å²) in [5, 5.41) is 6.69. The number of rotatable bonds is 5. The Morgan fingerprint density at radius 3 is 2.39 bits per heavy atom. The number of hydrogen-bond acceptors (Lipinski definition) is 4. The molecule has 2 heterocycles. The first kappa shape index (κ1) is 26.2. The standard InChI is InChI=1S/C25H28Cl2FN5O3/c1-15(2)23-24(35)31(12-17-6-9-19(26)20(27)10-17)13-21-32(23)22(34)14-30(3)33(21)25(36)29-11-16-4-7-18(28)8-5-16/h4-10,15,21,23H,11-14H2,1-3H3,(H,29,36)/t21-,23-/m0/s1. The number of hydrazine groups is 1. The minimum atomic E-state index is -0.722. The molecule has 2 saturated heterocycles. The summed E-state index contributed by atoms with van der Waals surface area (Å²) in [5.41, 5.74) is 1.52. The van der Waals surface area contributed by atoms with Crippen molar-refractivity contribution in [2.45, 2.75) is 39.1 Å². The van der Waals surface area contributed by atoms with Crippen molar-refractivity contribution in [3.05, 3.63) is 69.5 Å². The number of nitrogens with zero attached hydrogens (tertiary/aromatic N) is 4. The summed E-state index contributed by atoms with van der Waals surface area (Å²) in [7, 11) is 1.66. The maximum absolute atomic E-state index is 13.5. The predicted molar refractivity (Wildman–Crippen MR) is 134 cm³/mol. The molecule has 2 aliphatic heterocycles. The van der Waals surface area contributed by atoms with Crippen LogP contribution in [0, 0.1) is 11.7 Å². The van der Waals surface area contributed by atoms with E-state index in [4.69, 9.17) is 23.2 Å². The molecule has 0 saturated carbocycles. The second kappa shape index (κ2) is 10.6. The third-order valence-corrected chi connectivity index (χ3v) is 7.16. The van der Waals surface area contributed by atoms with Crippen molar-refractivity contribution in [2.24, 2.45) is 5.92 Å². The number of piperazine rings is 1. The van der Waals surface area contributed by atoms with Crippen molar-refractivity contribution in [3.63, 3.8) is 0 Å². The van der Waals surface area contributed by atoms with Crippen LogP contribution in [0.3, 0.4) is 0 Å². The average molecular weight is 536 g/mol. The van der Waals surface area contributed by atoms with Crippen LogP contribution in [0.2, 0.25) is 10.0 Å². The van der Waals surface area contributed by atoms with Gasteiger partial charge in [-0.05, 0) is 41.3 Å². The molecule has 2 fully saturated rings. The van der Waals surface area contributed by atoms with E-state index >= 15 is 0 Å². The highest BCUT2D eigenvalue weighted by Crippen LogP contribution is 2.31. The molecule has 2 aromatic rings. The Labute approximate surface area is 219 Å². The van der Waals surface area contributed by atoms with Gasteiger partial charge < -0.3 is 15.1 Å². The van der Waals surface area contributed by atoms with Crippen LogP contribution < -0.4 is 5.32 Å². The van der Waals surface area contributed by atoms with Crippen LogP contribution in [0.1, 0.15) is 25.0 Å². The van der Waals surface area contributed by atoms with Gasteiger partial charge in [0.15, 0.2) is 0 Å². The van der Waals surface area contributed by atoms with Gasteiger partial charge in [-0.3, -0.25) is 9.59 Å². The number of halogens is 3. The molecule has 0 spiro atoms. The number of carbonyl (C=O) groups is 3. The highest BCUT2D eigenvalue weighted by molar-refractivity contribution is 6.42. The summed E-state index contributed by atoms with van der Waals surface area (Å²) in [4.78, 5) is 43.2. The first-order chi connectivity index (χ1) is 17.1. The number of nitrogens with one attached hydrogen (secondary N) is 1. The number of urea groups is 1. The Morgan fingerprint density at radius 2 is 1.75 bits per heavy atom. The van der Waals surface area contributed by atoms with Gasteiger partial charge in [0.05, 0.1) is 23.1 Å². The average Bonchev–Trinajstić information content (AvgIpc) is 2.81. The molecule has 2 aliphatic rings. The smallest absolute Gasteiger partial charge is 0.333 e. The van der Waals surface area contributed by atoms with E-state index in [9.17, 15) is 18.8 Å². The Kier molecular flexibility index (Phi) is 7.73. The topological polar surface area (TPSA) is 76.2 Å². The van der Waals surface area contributed by atoms with Crippen LogP contribution in [-0.2, 0) is 22.7 Å². The molecule has 2 atom stereocenters. The Bertz CT molecular complexity index is 1160. The lowest BCUT2D eigenvalue weighted by Crippen LogP contribution is -2.76. The van der Waals surface area contributed by atoms with Crippen molar-refractivity contribution >= 4 is 41.0 Å². The zero-order valence-corrected chi connectivity index (χ0v) is 21.8. The third-order valence-electron chi connectivity index (χ3n) is 6.43. The second-order valence-electron chi connectivity index (χ2n) is 9.38. The Morgan fingerprint density at radius 1 is 1.08 bits per heavy atom. The fourth-order valence-corrected chi connectivity index (χ4v) is 5.04. The Balaban J connectivity index is 1.60. The number of benzene rings is 2. The molecule has 8 nitrogen and oxygen atoms in total. The second-order valence-corrected chi connectivity index (χ2v) is 10.2. The number of carbonyl (C=O) groups excluding carboxylic acids is 3. The van der Waals surface area contributed by atoms with E-state index in [2.05, 4.69) is 5.32 Å². The lowest BCUT2D eigenvalue weighted by molar-refractivity contribution is -0.190. The molecule has 11 heteroatoms. The number of likely N-dealkylation sites (N-methyl/N-ethyl adjacent to an activating group) is 1. The van der Waals surface area contributed by atoms with E-state index in [0.29, 0.717) is 10.0 Å². The summed E-state index contributed by atoms with van der Waals surface area (Å²) < 4.78 is 13.2. The summed E-state index contributed by atoms with van der Waals surface area (Å²) in [6, 6.07) is 9.88. The van der Waals surface area contributed by atoms with Crippen molar-refractivity contribution in [2.75, 3.05) is 20.1 Å². The van der Waals surface area contributed by atoms with E-state index in [0.717, 1.165) is 11.1 Å². The molecule has 0 radical (unpaired) electrons. The van der Waals surface area contributed by atoms with Gasteiger partial charge in [-0.2, -0.15) is 0 Å². The van der Waals surface area contributed by atoms with Gasteiger partial charge in [0.25, 0.3) is 0 Å². The largest absolute Gasteiger partial charge is 0.334 e. The van der Waals surface area contributed by atoms with Crippen LogP contribution in [0.15, 0.2) is 42.5 Å². The molecule has 0 aliphatic carbocycles. The van der Waals surface area contributed by atoms with E-state index in [1.165, 1.54) is 22.0 Å². The van der Waals surface area contributed by atoms with Gasteiger partial charge in [-0.1, -0.05) is 55.2 Å². The van der Waals surface area contributed by atoms with Crippen molar-refractivity contribution in [1.29, 1.82) is 0 Å². The van der Waals surface area contributed by atoms with Crippen LogP contribution in [0.4, 0.5) is 9.18 Å². The van der Waals surface area contributed by atoms with E-state index in [-0.39, 0.29) is 49.7 Å². The zero-order valence-electron chi connectivity index (χ0n) is 20.2. The SMILES string of the molecule is CC(C)[C@H]1C(=O)N(Cc2ccc(Cl)c(Cl)c2)C[C@H]2N1C(=O)CN(C)N2C(=O)NCc1ccc(F)cc1. The third kappa shape index (κ3) is 5.28. The van der Waals surface area contributed by atoms with Crippen molar-refractivity contribution in [1.82, 2.24) is 25.1 Å². The maximum Gasteiger partial charge on any atom is 0.334 e. The maximum atomic E-state index is 13.5. The molecule has 0 aromatic heterocycles. The van der Waals surface area contributed by atoms with Gasteiger partial charge in [-0.15, -0.1) is 0 Å². The summed E-state index contributed by atoms with van der Waals surface area (Å²) >= 11 is 12.2. The summed E-state index contributed by atoms with van der Waals surface area (Å²) in [6.07, 6.45) is -0.697. The quantitative estimate of drug-likeness (QED) is 0.632. The number of hydrogen-bond donors (Lipinski definition) is 1. The van der Waals surface area contributed by atoms with E-state index in [1.807, 2.05) is 13.8 Å². The molecule has 0 unspecified atom stereocenters. The van der Waals surface area contributed by atoms with Gasteiger partial charge in [0.1, 0.15) is 18.0 Å². The minimum absolute atomic E-state index is 0.0379. The van der Waals surface area contributed by atoms with E-state index < -0.39 is 18.2 Å².